The van der Waals surface area contributed by atoms with E-state index in [4.69, 9.17) is 4.74 Å². The summed E-state index contributed by atoms with van der Waals surface area (Å²) in [5, 5.41) is 14.1. The highest BCUT2D eigenvalue weighted by molar-refractivity contribution is 5.61. The SMILES string of the molecule is CCCNc1ncnc(OCC2CCCC2)c1[N+](=O)[O-]. The van der Waals surface area contributed by atoms with E-state index in [1.54, 1.807) is 0 Å². The van der Waals surface area contributed by atoms with Gasteiger partial charge in [0.2, 0.25) is 5.82 Å². The molecule has 110 valence electrons. The highest BCUT2D eigenvalue weighted by Gasteiger charge is 2.25. The van der Waals surface area contributed by atoms with E-state index >= 15 is 0 Å². The molecule has 0 aromatic carbocycles. The van der Waals surface area contributed by atoms with Crippen molar-refractivity contribution >= 4 is 11.5 Å². The van der Waals surface area contributed by atoms with Gasteiger partial charge < -0.3 is 10.1 Å². The zero-order valence-electron chi connectivity index (χ0n) is 11.7. The number of hydrogen-bond acceptors (Lipinski definition) is 6. The number of nitrogens with zero attached hydrogens (tertiary/aromatic N) is 3. The van der Waals surface area contributed by atoms with E-state index in [0.29, 0.717) is 19.1 Å². The van der Waals surface area contributed by atoms with Crippen LogP contribution in [0.25, 0.3) is 0 Å². The van der Waals surface area contributed by atoms with Gasteiger partial charge in [-0.1, -0.05) is 19.8 Å². The molecule has 0 amide bonds. The Bertz CT molecular complexity index is 461. The normalized spacial score (nSPS) is 15.2. The van der Waals surface area contributed by atoms with Gasteiger partial charge in [0, 0.05) is 6.54 Å². The van der Waals surface area contributed by atoms with Gasteiger partial charge in [0.15, 0.2) is 0 Å². The van der Waals surface area contributed by atoms with Gasteiger partial charge in [-0.05, 0) is 25.2 Å². The average molecular weight is 280 g/mol. The summed E-state index contributed by atoms with van der Waals surface area (Å²) in [6, 6.07) is 0. The van der Waals surface area contributed by atoms with Crippen LogP contribution in [0.3, 0.4) is 0 Å². The third-order valence-corrected chi connectivity index (χ3v) is 3.44. The van der Waals surface area contributed by atoms with E-state index < -0.39 is 4.92 Å². The molecular weight excluding hydrogens is 260 g/mol. The first-order valence-electron chi connectivity index (χ1n) is 7.08. The monoisotopic (exact) mass is 280 g/mol. The summed E-state index contributed by atoms with van der Waals surface area (Å²) < 4.78 is 5.57. The van der Waals surface area contributed by atoms with E-state index in [2.05, 4.69) is 15.3 Å². The molecule has 1 aliphatic rings. The van der Waals surface area contributed by atoms with Gasteiger partial charge in [-0.3, -0.25) is 10.1 Å². The maximum atomic E-state index is 11.2. The van der Waals surface area contributed by atoms with Gasteiger partial charge in [0.25, 0.3) is 5.88 Å². The summed E-state index contributed by atoms with van der Waals surface area (Å²) in [6.45, 7) is 3.10. The highest BCUT2D eigenvalue weighted by atomic mass is 16.6. The summed E-state index contributed by atoms with van der Waals surface area (Å²) in [6.07, 6.45) is 6.83. The first kappa shape index (κ1) is 14.5. The van der Waals surface area contributed by atoms with Crippen LogP contribution in [0.1, 0.15) is 39.0 Å². The standard InChI is InChI=1S/C13H20N4O3/c1-2-7-14-12-11(17(18)19)13(16-9-15-12)20-8-10-5-3-4-6-10/h9-10H,2-8H2,1H3,(H,14,15,16). The smallest absolute Gasteiger partial charge is 0.372 e. The van der Waals surface area contributed by atoms with Crippen molar-refractivity contribution in [2.45, 2.75) is 39.0 Å². The van der Waals surface area contributed by atoms with Gasteiger partial charge in [-0.15, -0.1) is 0 Å². The lowest BCUT2D eigenvalue weighted by Gasteiger charge is -2.12. The third-order valence-electron chi connectivity index (χ3n) is 3.44. The van der Waals surface area contributed by atoms with Crippen molar-refractivity contribution in [2.75, 3.05) is 18.5 Å². The minimum Gasteiger partial charge on any atom is -0.472 e. The third kappa shape index (κ3) is 3.55. The van der Waals surface area contributed by atoms with Crippen molar-refractivity contribution in [3.63, 3.8) is 0 Å². The molecule has 1 aromatic heterocycles. The molecule has 0 aliphatic heterocycles. The fourth-order valence-corrected chi connectivity index (χ4v) is 2.38. The van der Waals surface area contributed by atoms with Crippen LogP contribution in [-0.4, -0.2) is 28.0 Å². The first-order chi connectivity index (χ1) is 9.72. The number of anilines is 1. The number of nitrogens with one attached hydrogen (secondary N) is 1. The van der Waals surface area contributed by atoms with Crippen LogP contribution in [0.2, 0.25) is 0 Å². The summed E-state index contributed by atoms with van der Waals surface area (Å²) in [4.78, 5) is 18.6. The number of hydrogen-bond donors (Lipinski definition) is 1. The second-order valence-electron chi connectivity index (χ2n) is 5.02. The summed E-state index contributed by atoms with van der Waals surface area (Å²) in [7, 11) is 0. The second kappa shape index (κ2) is 7.02. The van der Waals surface area contributed by atoms with E-state index in [0.717, 1.165) is 19.3 Å². The van der Waals surface area contributed by atoms with Crippen LogP contribution < -0.4 is 10.1 Å². The minimum atomic E-state index is -0.484. The highest BCUT2D eigenvalue weighted by Crippen LogP contribution is 2.32. The molecule has 1 heterocycles. The van der Waals surface area contributed by atoms with Crippen molar-refractivity contribution in [2.24, 2.45) is 5.92 Å². The Morgan fingerprint density at radius 3 is 2.85 bits per heavy atom. The van der Waals surface area contributed by atoms with Crippen LogP contribution in [0.15, 0.2) is 6.33 Å². The molecule has 2 rings (SSSR count). The van der Waals surface area contributed by atoms with Crippen molar-refractivity contribution in [3.05, 3.63) is 16.4 Å². The van der Waals surface area contributed by atoms with Crippen molar-refractivity contribution < 1.29 is 9.66 Å². The van der Waals surface area contributed by atoms with Gasteiger partial charge >= 0.3 is 5.69 Å². The Labute approximate surface area is 117 Å². The zero-order valence-corrected chi connectivity index (χ0v) is 11.7. The molecule has 7 nitrogen and oxygen atoms in total. The molecule has 0 spiro atoms. The minimum absolute atomic E-state index is 0.0653. The van der Waals surface area contributed by atoms with E-state index in [1.165, 1.54) is 19.2 Å². The van der Waals surface area contributed by atoms with E-state index in [9.17, 15) is 10.1 Å². The van der Waals surface area contributed by atoms with Gasteiger partial charge in [-0.25, -0.2) is 4.98 Å². The zero-order chi connectivity index (χ0) is 14.4. The van der Waals surface area contributed by atoms with Crippen molar-refractivity contribution in [1.29, 1.82) is 0 Å². The fourth-order valence-electron chi connectivity index (χ4n) is 2.38. The van der Waals surface area contributed by atoms with Gasteiger partial charge in [0.05, 0.1) is 11.5 Å². The molecular formula is C13H20N4O3. The predicted molar refractivity (Wildman–Crippen MR) is 74.9 cm³/mol. The lowest BCUT2D eigenvalue weighted by Crippen LogP contribution is -2.12. The molecule has 0 atom stereocenters. The fraction of sp³-hybridized carbons (Fsp3) is 0.692. The molecule has 1 aromatic rings. The lowest BCUT2D eigenvalue weighted by atomic mass is 10.1. The van der Waals surface area contributed by atoms with Crippen LogP contribution in [0.4, 0.5) is 11.5 Å². The summed E-state index contributed by atoms with van der Waals surface area (Å²) in [5.74, 6) is 0.778. The Balaban J connectivity index is 2.11. The predicted octanol–water partition coefficient (Wildman–Crippen LogP) is 2.78. The van der Waals surface area contributed by atoms with Crippen LogP contribution >= 0.6 is 0 Å². The molecule has 0 radical (unpaired) electrons. The number of rotatable bonds is 7. The molecule has 7 heteroatoms. The van der Waals surface area contributed by atoms with Crippen LogP contribution in [0.5, 0.6) is 5.88 Å². The largest absolute Gasteiger partial charge is 0.472 e. The average Bonchev–Trinajstić information content (AvgIpc) is 2.95. The maximum Gasteiger partial charge on any atom is 0.372 e. The quantitative estimate of drug-likeness (QED) is 0.610. The Hall–Kier alpha value is -1.92. The van der Waals surface area contributed by atoms with E-state index in [-0.39, 0.29) is 17.4 Å². The Morgan fingerprint density at radius 1 is 1.45 bits per heavy atom. The first-order valence-corrected chi connectivity index (χ1v) is 7.08. The lowest BCUT2D eigenvalue weighted by molar-refractivity contribution is -0.385. The molecule has 1 fully saturated rings. The van der Waals surface area contributed by atoms with Gasteiger partial charge in [0.1, 0.15) is 6.33 Å². The Kier molecular flexibility index (Phi) is 5.09. The van der Waals surface area contributed by atoms with Crippen LogP contribution in [0, 0.1) is 16.0 Å². The molecule has 1 aliphatic carbocycles. The second-order valence-corrected chi connectivity index (χ2v) is 5.02. The molecule has 0 saturated heterocycles. The topological polar surface area (TPSA) is 90.2 Å². The maximum absolute atomic E-state index is 11.2. The molecule has 0 bridgehead atoms. The molecule has 20 heavy (non-hydrogen) atoms. The van der Waals surface area contributed by atoms with Crippen LogP contribution in [-0.2, 0) is 0 Å². The number of aromatic nitrogens is 2. The van der Waals surface area contributed by atoms with Crippen molar-refractivity contribution in [1.82, 2.24) is 9.97 Å². The van der Waals surface area contributed by atoms with Crippen molar-refractivity contribution in [3.8, 4) is 5.88 Å². The number of ether oxygens (including phenoxy) is 1. The molecule has 1 N–H and O–H groups in total. The number of nitro groups is 1. The summed E-state index contributed by atoms with van der Waals surface area (Å²) >= 11 is 0. The molecule has 1 saturated carbocycles. The Morgan fingerprint density at radius 2 is 2.20 bits per heavy atom. The van der Waals surface area contributed by atoms with E-state index in [1.807, 2.05) is 6.92 Å². The summed E-state index contributed by atoms with van der Waals surface area (Å²) in [5.41, 5.74) is -0.168. The van der Waals surface area contributed by atoms with Gasteiger partial charge in [-0.2, -0.15) is 4.98 Å². The molecule has 0 unspecified atom stereocenters.